The first-order chi connectivity index (χ1) is 13.0. The van der Waals surface area contributed by atoms with E-state index in [1.54, 1.807) is 24.3 Å². The largest absolute Gasteiger partial charge is 0.376 e. The van der Waals surface area contributed by atoms with E-state index in [0.717, 1.165) is 30.2 Å². The summed E-state index contributed by atoms with van der Waals surface area (Å²) < 4.78 is 35.3. The zero-order chi connectivity index (χ0) is 19.1. The molecule has 1 atom stereocenters. The first-order valence-electron chi connectivity index (χ1n) is 10.3. The van der Waals surface area contributed by atoms with Gasteiger partial charge < -0.3 is 10.1 Å². The summed E-state index contributed by atoms with van der Waals surface area (Å²) in [7, 11) is -3.69. The molecule has 1 unspecified atom stereocenters. The maximum atomic E-state index is 12.1. The van der Waals surface area contributed by atoms with E-state index >= 15 is 0 Å². The van der Waals surface area contributed by atoms with Crippen LogP contribution in [0.2, 0.25) is 0 Å². The molecule has 1 aliphatic heterocycles. The summed E-state index contributed by atoms with van der Waals surface area (Å²) in [5.41, 5.74) is 1.02. The fourth-order valence-electron chi connectivity index (χ4n) is 4.26. The highest BCUT2D eigenvalue weighted by Crippen LogP contribution is 2.32. The molecule has 1 aliphatic carbocycles. The smallest absolute Gasteiger partial charge is 0.297 e. The van der Waals surface area contributed by atoms with Crippen molar-refractivity contribution >= 4 is 10.1 Å². The molecule has 3 rings (SSSR count). The molecule has 1 saturated carbocycles. The predicted octanol–water partition coefficient (Wildman–Crippen LogP) is 3.67. The van der Waals surface area contributed by atoms with Crippen molar-refractivity contribution in [2.75, 3.05) is 26.3 Å². The Bertz CT molecular complexity index is 660. The SMILES string of the molecule is Cc1ccc(S(=O)(=O)OCCOC2CCC(CC3CCCNC3)CC2)cc1. The van der Waals surface area contributed by atoms with Crippen LogP contribution in [0.1, 0.15) is 50.5 Å². The fraction of sp³-hybridized carbons (Fsp3) is 0.714. The van der Waals surface area contributed by atoms with Crippen LogP contribution < -0.4 is 5.32 Å². The van der Waals surface area contributed by atoms with Crippen LogP contribution in [-0.4, -0.2) is 40.8 Å². The van der Waals surface area contributed by atoms with Crippen molar-refractivity contribution in [1.29, 1.82) is 0 Å². The van der Waals surface area contributed by atoms with Crippen molar-refractivity contribution in [2.24, 2.45) is 11.8 Å². The number of aryl methyl sites for hydroxylation is 1. The van der Waals surface area contributed by atoms with Crippen molar-refractivity contribution < 1.29 is 17.3 Å². The predicted molar refractivity (Wildman–Crippen MR) is 106 cm³/mol. The normalized spacial score (nSPS) is 26.8. The molecule has 0 aromatic heterocycles. The molecular formula is C21H33NO4S. The molecule has 5 nitrogen and oxygen atoms in total. The first-order valence-corrected chi connectivity index (χ1v) is 11.7. The molecule has 6 heteroatoms. The summed E-state index contributed by atoms with van der Waals surface area (Å²) in [6.07, 6.45) is 8.89. The average Bonchev–Trinajstić information content (AvgIpc) is 2.68. The summed E-state index contributed by atoms with van der Waals surface area (Å²) in [4.78, 5) is 0.200. The van der Waals surface area contributed by atoms with Gasteiger partial charge in [-0.25, -0.2) is 0 Å². The first kappa shape index (κ1) is 20.8. The standard InChI is InChI=1S/C21H33NO4S/c1-17-4-10-21(11-5-17)27(23,24)26-14-13-25-20-8-6-18(7-9-20)15-19-3-2-12-22-16-19/h4-5,10-11,18-20,22H,2-3,6-9,12-16H2,1H3. The van der Waals surface area contributed by atoms with E-state index in [-0.39, 0.29) is 17.6 Å². The van der Waals surface area contributed by atoms with Gasteiger partial charge in [0, 0.05) is 0 Å². The molecule has 27 heavy (non-hydrogen) atoms. The summed E-state index contributed by atoms with van der Waals surface area (Å²) >= 11 is 0. The minimum atomic E-state index is -3.69. The Morgan fingerprint density at radius 3 is 2.41 bits per heavy atom. The molecule has 1 aromatic carbocycles. The fourth-order valence-corrected chi connectivity index (χ4v) is 5.16. The maximum absolute atomic E-state index is 12.1. The minimum absolute atomic E-state index is 0.0733. The Hall–Kier alpha value is -0.950. The maximum Gasteiger partial charge on any atom is 0.297 e. The molecular weight excluding hydrogens is 362 g/mol. The Balaban J connectivity index is 1.31. The van der Waals surface area contributed by atoms with Gasteiger partial charge in [-0.05, 0) is 88.9 Å². The van der Waals surface area contributed by atoms with E-state index in [0.29, 0.717) is 6.61 Å². The lowest BCUT2D eigenvalue weighted by atomic mass is 9.80. The van der Waals surface area contributed by atoms with Crippen molar-refractivity contribution in [3.63, 3.8) is 0 Å². The molecule has 0 bridgehead atoms. The van der Waals surface area contributed by atoms with Crippen molar-refractivity contribution in [3.05, 3.63) is 29.8 Å². The number of hydrogen-bond donors (Lipinski definition) is 1. The van der Waals surface area contributed by atoms with E-state index in [1.165, 1.54) is 45.2 Å². The zero-order valence-electron chi connectivity index (χ0n) is 16.4. The zero-order valence-corrected chi connectivity index (χ0v) is 17.2. The Morgan fingerprint density at radius 1 is 1.00 bits per heavy atom. The minimum Gasteiger partial charge on any atom is -0.376 e. The quantitative estimate of drug-likeness (QED) is 0.537. The van der Waals surface area contributed by atoms with Crippen molar-refractivity contribution in [3.8, 4) is 0 Å². The van der Waals surface area contributed by atoms with Gasteiger partial charge in [0.1, 0.15) is 0 Å². The Kier molecular flexibility index (Phi) is 7.70. The third-order valence-electron chi connectivity index (χ3n) is 5.84. The van der Waals surface area contributed by atoms with Crippen LogP contribution in [0, 0.1) is 18.8 Å². The second kappa shape index (κ2) is 10.0. The van der Waals surface area contributed by atoms with Crippen LogP contribution in [0.5, 0.6) is 0 Å². The molecule has 1 N–H and O–H groups in total. The van der Waals surface area contributed by atoms with Gasteiger partial charge in [-0.15, -0.1) is 0 Å². The van der Waals surface area contributed by atoms with Gasteiger partial charge in [0.05, 0.1) is 24.2 Å². The van der Waals surface area contributed by atoms with Crippen LogP contribution in [0.3, 0.4) is 0 Å². The van der Waals surface area contributed by atoms with E-state index in [2.05, 4.69) is 5.32 Å². The summed E-state index contributed by atoms with van der Waals surface area (Å²) in [5, 5.41) is 3.51. The highest BCUT2D eigenvalue weighted by Gasteiger charge is 2.25. The average molecular weight is 396 g/mol. The lowest BCUT2D eigenvalue weighted by Gasteiger charge is -2.32. The monoisotopic (exact) mass is 395 g/mol. The van der Waals surface area contributed by atoms with Gasteiger partial charge in [0.2, 0.25) is 0 Å². The highest BCUT2D eigenvalue weighted by molar-refractivity contribution is 7.86. The third kappa shape index (κ3) is 6.56. The Morgan fingerprint density at radius 2 is 1.74 bits per heavy atom. The van der Waals surface area contributed by atoms with E-state index in [1.807, 2.05) is 6.92 Å². The van der Waals surface area contributed by atoms with Crippen LogP contribution in [0.4, 0.5) is 0 Å². The highest BCUT2D eigenvalue weighted by atomic mass is 32.2. The van der Waals surface area contributed by atoms with Crippen LogP contribution in [0.25, 0.3) is 0 Å². The molecule has 152 valence electrons. The topological polar surface area (TPSA) is 64.6 Å². The molecule has 2 fully saturated rings. The summed E-state index contributed by atoms with van der Waals surface area (Å²) in [6, 6.07) is 6.70. The van der Waals surface area contributed by atoms with Gasteiger partial charge in [-0.2, -0.15) is 8.42 Å². The van der Waals surface area contributed by atoms with Crippen LogP contribution >= 0.6 is 0 Å². The van der Waals surface area contributed by atoms with E-state index in [4.69, 9.17) is 8.92 Å². The number of ether oxygens (including phenoxy) is 1. The molecule has 1 heterocycles. The molecule has 1 saturated heterocycles. The summed E-state index contributed by atoms with van der Waals surface area (Å²) in [6.45, 7) is 4.69. The lowest BCUT2D eigenvalue weighted by molar-refractivity contribution is 0.00261. The second-order valence-electron chi connectivity index (χ2n) is 8.05. The molecule has 0 amide bonds. The van der Waals surface area contributed by atoms with Crippen LogP contribution in [-0.2, 0) is 19.0 Å². The van der Waals surface area contributed by atoms with E-state index in [9.17, 15) is 8.42 Å². The number of hydrogen-bond acceptors (Lipinski definition) is 5. The Labute approximate surface area is 164 Å². The molecule has 0 radical (unpaired) electrons. The summed E-state index contributed by atoms with van der Waals surface area (Å²) in [5.74, 6) is 1.68. The number of benzene rings is 1. The van der Waals surface area contributed by atoms with Gasteiger partial charge >= 0.3 is 0 Å². The van der Waals surface area contributed by atoms with Gasteiger partial charge in [-0.1, -0.05) is 17.7 Å². The number of piperidine rings is 1. The lowest BCUT2D eigenvalue weighted by Crippen LogP contribution is -2.32. The number of nitrogens with one attached hydrogen (secondary N) is 1. The van der Waals surface area contributed by atoms with Crippen molar-refractivity contribution in [1.82, 2.24) is 5.32 Å². The molecule has 0 spiro atoms. The third-order valence-corrected chi connectivity index (χ3v) is 7.17. The van der Waals surface area contributed by atoms with Gasteiger partial charge in [0.15, 0.2) is 0 Å². The van der Waals surface area contributed by atoms with E-state index < -0.39 is 10.1 Å². The molecule has 2 aliphatic rings. The van der Waals surface area contributed by atoms with Crippen LogP contribution in [0.15, 0.2) is 29.2 Å². The van der Waals surface area contributed by atoms with Gasteiger partial charge in [0.25, 0.3) is 10.1 Å². The number of rotatable bonds is 8. The second-order valence-corrected chi connectivity index (χ2v) is 9.67. The van der Waals surface area contributed by atoms with Crippen molar-refractivity contribution in [2.45, 2.75) is 62.9 Å². The molecule has 1 aromatic rings. The van der Waals surface area contributed by atoms with Gasteiger partial charge in [-0.3, -0.25) is 4.18 Å².